The Morgan fingerprint density at radius 3 is 2.45 bits per heavy atom. The van der Waals surface area contributed by atoms with Gasteiger partial charge in [-0.05, 0) is 0 Å². The molecule has 0 aromatic carbocycles. The summed E-state index contributed by atoms with van der Waals surface area (Å²) in [6.45, 7) is -1.35. The van der Waals surface area contributed by atoms with E-state index in [1.165, 1.54) is 12.5 Å². The molecule has 8 heteroatoms. The molecule has 1 aromatic heterocycles. The van der Waals surface area contributed by atoms with E-state index in [4.69, 9.17) is 19.0 Å². The SMILES string of the molecule is OCC1O[C@@H](OCc2cocc2CF)C(O)C(O)[C@H]1O. The summed E-state index contributed by atoms with van der Waals surface area (Å²) < 4.78 is 27.8. The molecule has 7 nitrogen and oxygen atoms in total. The van der Waals surface area contributed by atoms with Crippen molar-refractivity contribution < 1.29 is 38.7 Å². The van der Waals surface area contributed by atoms with Crippen LogP contribution in [0.4, 0.5) is 4.39 Å². The highest BCUT2D eigenvalue weighted by atomic mass is 19.1. The quantitative estimate of drug-likeness (QED) is 0.554. The van der Waals surface area contributed by atoms with Gasteiger partial charge in [-0.1, -0.05) is 0 Å². The topological polar surface area (TPSA) is 113 Å². The fraction of sp³-hybridized carbons (Fsp3) is 0.667. The first-order valence-corrected chi connectivity index (χ1v) is 6.10. The van der Waals surface area contributed by atoms with Gasteiger partial charge in [0, 0.05) is 11.1 Å². The van der Waals surface area contributed by atoms with Crippen molar-refractivity contribution in [2.24, 2.45) is 0 Å². The number of halogens is 1. The lowest BCUT2D eigenvalue weighted by Gasteiger charge is -2.39. The summed E-state index contributed by atoms with van der Waals surface area (Å²) in [5.74, 6) is 0. The Labute approximate surface area is 114 Å². The standard InChI is InChI=1S/C12H17FO7/c13-1-6-3-18-4-7(6)5-19-12-11(17)10(16)9(15)8(2-14)20-12/h3-4,8-12,14-17H,1-2,5H2/t8?,9-,10?,11?,12+/m0/s1. The van der Waals surface area contributed by atoms with Crippen molar-refractivity contribution in [2.75, 3.05) is 6.61 Å². The van der Waals surface area contributed by atoms with Gasteiger partial charge < -0.3 is 34.3 Å². The highest BCUT2D eigenvalue weighted by Crippen LogP contribution is 2.23. The first kappa shape index (κ1) is 15.4. The summed E-state index contributed by atoms with van der Waals surface area (Å²) in [6.07, 6.45) is -4.16. The van der Waals surface area contributed by atoms with Crippen molar-refractivity contribution in [3.63, 3.8) is 0 Å². The minimum atomic E-state index is -1.50. The van der Waals surface area contributed by atoms with Crippen molar-refractivity contribution in [2.45, 2.75) is 44.0 Å². The Morgan fingerprint density at radius 2 is 1.80 bits per heavy atom. The Bertz CT molecular complexity index is 422. The van der Waals surface area contributed by atoms with E-state index in [1.54, 1.807) is 0 Å². The number of alkyl halides is 1. The first-order chi connectivity index (χ1) is 9.58. The Balaban J connectivity index is 1.98. The fourth-order valence-corrected chi connectivity index (χ4v) is 1.97. The summed E-state index contributed by atoms with van der Waals surface area (Å²) >= 11 is 0. The molecular weight excluding hydrogens is 275 g/mol. The molecule has 1 aromatic rings. The van der Waals surface area contributed by atoms with Crippen molar-refractivity contribution in [3.8, 4) is 0 Å². The number of aliphatic hydroxyl groups is 4. The van der Waals surface area contributed by atoms with E-state index < -0.39 is 44.0 Å². The van der Waals surface area contributed by atoms with Gasteiger partial charge in [0.1, 0.15) is 31.1 Å². The minimum absolute atomic E-state index is 0.0988. The predicted octanol–water partition coefficient (Wildman–Crippen LogP) is -0.934. The lowest BCUT2D eigenvalue weighted by Crippen LogP contribution is -2.59. The molecule has 0 saturated carbocycles. The summed E-state index contributed by atoms with van der Waals surface area (Å²) in [6, 6.07) is 0. The lowest BCUT2D eigenvalue weighted by molar-refractivity contribution is -0.304. The van der Waals surface area contributed by atoms with E-state index in [2.05, 4.69) is 0 Å². The number of furan rings is 1. The van der Waals surface area contributed by atoms with Gasteiger partial charge in [-0.25, -0.2) is 4.39 Å². The maximum absolute atomic E-state index is 12.6. The van der Waals surface area contributed by atoms with Crippen LogP contribution in [0.25, 0.3) is 0 Å². The fourth-order valence-electron chi connectivity index (χ4n) is 1.97. The third-order valence-electron chi connectivity index (χ3n) is 3.23. The molecule has 3 unspecified atom stereocenters. The zero-order valence-electron chi connectivity index (χ0n) is 10.6. The maximum atomic E-state index is 12.6. The van der Waals surface area contributed by atoms with Crippen LogP contribution in [0.15, 0.2) is 16.9 Å². The number of aliphatic hydroxyl groups excluding tert-OH is 4. The van der Waals surface area contributed by atoms with E-state index in [1.807, 2.05) is 0 Å². The second-order valence-corrected chi connectivity index (χ2v) is 4.56. The second kappa shape index (κ2) is 6.61. The molecule has 2 rings (SSSR count). The normalized spacial score (nSPS) is 34.4. The predicted molar refractivity (Wildman–Crippen MR) is 62.1 cm³/mol. The third-order valence-corrected chi connectivity index (χ3v) is 3.23. The van der Waals surface area contributed by atoms with Crippen LogP contribution in [0.3, 0.4) is 0 Å². The zero-order chi connectivity index (χ0) is 14.7. The van der Waals surface area contributed by atoms with Gasteiger partial charge >= 0.3 is 0 Å². The molecule has 4 N–H and O–H groups in total. The Kier molecular flexibility index (Phi) is 5.08. The average Bonchev–Trinajstić information content (AvgIpc) is 2.91. The molecule has 1 saturated heterocycles. The second-order valence-electron chi connectivity index (χ2n) is 4.56. The van der Waals surface area contributed by atoms with Crippen LogP contribution in [-0.4, -0.2) is 57.7 Å². The smallest absolute Gasteiger partial charge is 0.187 e. The van der Waals surface area contributed by atoms with Crippen molar-refractivity contribution in [1.29, 1.82) is 0 Å². The molecule has 20 heavy (non-hydrogen) atoms. The number of hydrogen-bond donors (Lipinski definition) is 4. The van der Waals surface area contributed by atoms with Gasteiger partial charge in [0.05, 0.1) is 25.7 Å². The van der Waals surface area contributed by atoms with Gasteiger partial charge in [-0.15, -0.1) is 0 Å². The van der Waals surface area contributed by atoms with Crippen LogP contribution in [0.1, 0.15) is 11.1 Å². The molecule has 0 bridgehead atoms. The third kappa shape index (κ3) is 3.00. The first-order valence-electron chi connectivity index (χ1n) is 6.10. The van der Waals surface area contributed by atoms with Crippen molar-refractivity contribution in [3.05, 3.63) is 23.7 Å². The highest BCUT2D eigenvalue weighted by molar-refractivity contribution is 5.19. The number of rotatable bonds is 5. The van der Waals surface area contributed by atoms with Crippen LogP contribution in [0, 0.1) is 0 Å². The van der Waals surface area contributed by atoms with E-state index in [0.29, 0.717) is 11.1 Å². The largest absolute Gasteiger partial charge is 0.472 e. The molecule has 0 radical (unpaired) electrons. The van der Waals surface area contributed by atoms with Gasteiger partial charge in [-0.3, -0.25) is 0 Å². The minimum Gasteiger partial charge on any atom is -0.472 e. The molecule has 0 amide bonds. The summed E-state index contributed by atoms with van der Waals surface area (Å²) in [5.41, 5.74) is 0.763. The molecule has 0 aliphatic carbocycles. The van der Waals surface area contributed by atoms with Gasteiger partial charge in [0.25, 0.3) is 0 Å². The van der Waals surface area contributed by atoms with Crippen molar-refractivity contribution in [1.82, 2.24) is 0 Å². The highest BCUT2D eigenvalue weighted by Gasteiger charge is 2.44. The number of ether oxygens (including phenoxy) is 2. The van der Waals surface area contributed by atoms with Gasteiger partial charge in [0.2, 0.25) is 0 Å². The van der Waals surface area contributed by atoms with E-state index >= 15 is 0 Å². The van der Waals surface area contributed by atoms with E-state index in [0.717, 1.165) is 0 Å². The van der Waals surface area contributed by atoms with Crippen LogP contribution in [0.5, 0.6) is 0 Å². The van der Waals surface area contributed by atoms with Gasteiger partial charge in [0.15, 0.2) is 6.29 Å². The van der Waals surface area contributed by atoms with E-state index in [-0.39, 0.29) is 6.61 Å². The molecular formula is C12H17FO7. The lowest BCUT2D eigenvalue weighted by atomic mass is 9.99. The molecule has 1 aliphatic heterocycles. The zero-order valence-corrected chi connectivity index (χ0v) is 10.6. The van der Waals surface area contributed by atoms with E-state index in [9.17, 15) is 19.7 Å². The summed E-state index contributed by atoms with van der Waals surface area (Å²) in [5, 5.41) is 37.9. The van der Waals surface area contributed by atoms with Crippen LogP contribution in [-0.2, 0) is 22.8 Å². The molecule has 114 valence electrons. The molecule has 0 spiro atoms. The van der Waals surface area contributed by atoms with Crippen LogP contribution < -0.4 is 0 Å². The Hall–Kier alpha value is -1.03. The molecule has 1 fully saturated rings. The molecule has 2 heterocycles. The average molecular weight is 292 g/mol. The molecule has 5 atom stereocenters. The number of hydrogen-bond acceptors (Lipinski definition) is 7. The summed E-state index contributed by atoms with van der Waals surface area (Å²) in [4.78, 5) is 0. The van der Waals surface area contributed by atoms with Gasteiger partial charge in [-0.2, -0.15) is 0 Å². The Morgan fingerprint density at radius 1 is 1.10 bits per heavy atom. The maximum Gasteiger partial charge on any atom is 0.187 e. The van der Waals surface area contributed by atoms with Crippen molar-refractivity contribution >= 4 is 0 Å². The molecule has 1 aliphatic rings. The van der Waals surface area contributed by atoms with Crippen LogP contribution >= 0.6 is 0 Å². The summed E-state index contributed by atoms with van der Waals surface area (Å²) in [7, 11) is 0. The monoisotopic (exact) mass is 292 g/mol. The van der Waals surface area contributed by atoms with Crippen LogP contribution in [0.2, 0.25) is 0 Å².